The zero-order valence-corrected chi connectivity index (χ0v) is 11.0. The molecule has 0 atom stereocenters. The van der Waals surface area contributed by atoms with Gasteiger partial charge in [0, 0.05) is 22.8 Å². The standard InChI is InChI=1S/C8H10Br2O4/c1-5(11)13-3-7(9)8(10)4-14-6(2)12/h3-4H2,1-2H3/b8-7-. The molecule has 0 aromatic carbocycles. The molecule has 0 aromatic heterocycles. The molecule has 0 radical (unpaired) electrons. The summed E-state index contributed by atoms with van der Waals surface area (Å²) in [4.78, 5) is 20.9. The first-order chi connectivity index (χ1) is 6.43. The largest absolute Gasteiger partial charge is 0.460 e. The van der Waals surface area contributed by atoms with Crippen LogP contribution < -0.4 is 0 Å². The highest BCUT2D eigenvalue weighted by atomic mass is 79.9. The van der Waals surface area contributed by atoms with E-state index >= 15 is 0 Å². The Morgan fingerprint density at radius 1 is 0.929 bits per heavy atom. The van der Waals surface area contributed by atoms with Gasteiger partial charge in [-0.15, -0.1) is 0 Å². The van der Waals surface area contributed by atoms with Crippen molar-refractivity contribution in [3.63, 3.8) is 0 Å². The molecule has 6 heteroatoms. The molecule has 0 saturated carbocycles. The molecule has 0 rings (SSSR count). The van der Waals surface area contributed by atoms with Crippen molar-refractivity contribution in [2.75, 3.05) is 13.2 Å². The van der Waals surface area contributed by atoms with Crippen LogP contribution in [0, 0.1) is 0 Å². The first-order valence-corrected chi connectivity index (χ1v) is 5.31. The quantitative estimate of drug-likeness (QED) is 0.741. The number of hydrogen-bond donors (Lipinski definition) is 0. The molecule has 0 aliphatic heterocycles. The highest BCUT2D eigenvalue weighted by Crippen LogP contribution is 2.18. The Morgan fingerprint density at radius 3 is 1.43 bits per heavy atom. The number of halogens is 2. The number of rotatable bonds is 4. The predicted molar refractivity (Wildman–Crippen MR) is 58.1 cm³/mol. The summed E-state index contributed by atoms with van der Waals surface area (Å²) in [5.41, 5.74) is 0. The van der Waals surface area contributed by atoms with Crippen LogP contribution in [0.4, 0.5) is 0 Å². The molecule has 14 heavy (non-hydrogen) atoms. The van der Waals surface area contributed by atoms with E-state index in [1.54, 1.807) is 0 Å². The Morgan fingerprint density at radius 2 is 1.21 bits per heavy atom. The van der Waals surface area contributed by atoms with Crippen LogP contribution in [0.25, 0.3) is 0 Å². The molecule has 0 amide bonds. The summed E-state index contributed by atoms with van der Waals surface area (Å²) in [7, 11) is 0. The Balaban J connectivity index is 4.01. The molecule has 0 fully saturated rings. The molecule has 0 heterocycles. The lowest BCUT2D eigenvalue weighted by Crippen LogP contribution is -2.05. The second kappa shape index (κ2) is 7.00. The van der Waals surface area contributed by atoms with E-state index in [9.17, 15) is 9.59 Å². The van der Waals surface area contributed by atoms with Gasteiger partial charge in [0.1, 0.15) is 13.2 Å². The average molecular weight is 330 g/mol. The van der Waals surface area contributed by atoms with E-state index in [1.807, 2.05) is 0 Å². The molecule has 0 N–H and O–H groups in total. The normalized spacial score (nSPS) is 11.7. The van der Waals surface area contributed by atoms with Gasteiger partial charge in [0.05, 0.1) is 0 Å². The third kappa shape index (κ3) is 7.08. The lowest BCUT2D eigenvalue weighted by molar-refractivity contribution is -0.141. The number of carbonyl (C=O) groups is 2. The van der Waals surface area contributed by atoms with Gasteiger partial charge >= 0.3 is 11.9 Å². The maximum atomic E-state index is 10.5. The number of esters is 2. The molecule has 0 saturated heterocycles. The van der Waals surface area contributed by atoms with Crippen molar-refractivity contribution in [2.45, 2.75) is 13.8 Å². The number of ether oxygens (including phenoxy) is 2. The molecule has 0 aliphatic carbocycles. The molecule has 4 nitrogen and oxygen atoms in total. The third-order valence-corrected chi connectivity index (χ3v) is 3.05. The fourth-order valence-electron chi connectivity index (χ4n) is 0.487. The zero-order chi connectivity index (χ0) is 11.1. The fourth-order valence-corrected chi connectivity index (χ4v) is 0.944. The maximum absolute atomic E-state index is 10.5. The van der Waals surface area contributed by atoms with Gasteiger partial charge in [0.25, 0.3) is 0 Å². The smallest absolute Gasteiger partial charge is 0.302 e. The van der Waals surface area contributed by atoms with E-state index in [0.717, 1.165) is 0 Å². The minimum atomic E-state index is -0.366. The van der Waals surface area contributed by atoms with E-state index in [0.29, 0.717) is 8.96 Å². The number of carbonyl (C=O) groups excluding carboxylic acids is 2. The van der Waals surface area contributed by atoms with E-state index in [-0.39, 0.29) is 25.2 Å². The average Bonchev–Trinajstić information content (AvgIpc) is 2.09. The summed E-state index contributed by atoms with van der Waals surface area (Å²) in [6.07, 6.45) is 0. The van der Waals surface area contributed by atoms with Crippen molar-refractivity contribution in [2.24, 2.45) is 0 Å². The molecule has 0 bridgehead atoms. The minimum Gasteiger partial charge on any atom is -0.460 e. The SMILES string of the molecule is CC(=O)OC/C(Br)=C(/Br)COC(C)=O. The van der Waals surface area contributed by atoms with Gasteiger partial charge in [-0.1, -0.05) is 31.9 Å². The summed E-state index contributed by atoms with van der Waals surface area (Å²) < 4.78 is 10.7. The number of hydrogen-bond acceptors (Lipinski definition) is 4. The van der Waals surface area contributed by atoms with Gasteiger partial charge < -0.3 is 9.47 Å². The highest BCUT2D eigenvalue weighted by molar-refractivity contribution is 9.14. The summed E-state index contributed by atoms with van der Waals surface area (Å²) in [6, 6.07) is 0. The third-order valence-electron chi connectivity index (χ3n) is 1.10. The molecule has 0 unspecified atom stereocenters. The Kier molecular flexibility index (Phi) is 6.82. The van der Waals surface area contributed by atoms with Crippen LogP contribution in [0.15, 0.2) is 8.96 Å². The van der Waals surface area contributed by atoms with Crippen LogP contribution in [0.5, 0.6) is 0 Å². The monoisotopic (exact) mass is 328 g/mol. The van der Waals surface area contributed by atoms with Crippen LogP contribution in [0.1, 0.15) is 13.8 Å². The lowest BCUT2D eigenvalue weighted by Gasteiger charge is -2.05. The molecule has 0 aliphatic rings. The van der Waals surface area contributed by atoms with E-state index in [2.05, 4.69) is 31.9 Å². The van der Waals surface area contributed by atoms with Gasteiger partial charge in [0.2, 0.25) is 0 Å². The molecule has 0 aromatic rings. The van der Waals surface area contributed by atoms with Crippen LogP contribution >= 0.6 is 31.9 Å². The maximum Gasteiger partial charge on any atom is 0.302 e. The minimum absolute atomic E-state index is 0.122. The van der Waals surface area contributed by atoms with Gasteiger partial charge in [-0.2, -0.15) is 0 Å². The molecule has 80 valence electrons. The van der Waals surface area contributed by atoms with Crippen molar-refractivity contribution in [3.05, 3.63) is 8.96 Å². The zero-order valence-electron chi connectivity index (χ0n) is 7.80. The van der Waals surface area contributed by atoms with Gasteiger partial charge in [0.15, 0.2) is 0 Å². The van der Waals surface area contributed by atoms with Crippen LogP contribution in [-0.2, 0) is 19.1 Å². The van der Waals surface area contributed by atoms with Crippen LogP contribution in [-0.4, -0.2) is 25.2 Å². The summed E-state index contributed by atoms with van der Waals surface area (Å²) in [5, 5.41) is 0. The first-order valence-electron chi connectivity index (χ1n) is 3.73. The van der Waals surface area contributed by atoms with Gasteiger partial charge in [-0.05, 0) is 0 Å². The van der Waals surface area contributed by atoms with Crippen molar-refractivity contribution in [3.8, 4) is 0 Å². The van der Waals surface area contributed by atoms with E-state index in [4.69, 9.17) is 9.47 Å². The van der Waals surface area contributed by atoms with Gasteiger partial charge in [-0.25, -0.2) is 0 Å². The lowest BCUT2D eigenvalue weighted by atomic mass is 10.5. The van der Waals surface area contributed by atoms with Crippen LogP contribution in [0.2, 0.25) is 0 Å². The first kappa shape index (κ1) is 13.6. The summed E-state index contributed by atoms with van der Waals surface area (Å²) >= 11 is 6.37. The van der Waals surface area contributed by atoms with Gasteiger partial charge in [-0.3, -0.25) is 9.59 Å². The van der Waals surface area contributed by atoms with Crippen LogP contribution in [0.3, 0.4) is 0 Å². The summed E-state index contributed by atoms with van der Waals surface area (Å²) in [6.45, 7) is 2.88. The van der Waals surface area contributed by atoms with E-state index < -0.39 is 0 Å². The Labute approximate surface area is 98.9 Å². The highest BCUT2D eigenvalue weighted by Gasteiger charge is 2.04. The predicted octanol–water partition coefficient (Wildman–Crippen LogP) is 2.11. The van der Waals surface area contributed by atoms with Crippen molar-refractivity contribution in [1.82, 2.24) is 0 Å². The second-order valence-corrected chi connectivity index (χ2v) is 4.28. The molecular weight excluding hydrogens is 320 g/mol. The van der Waals surface area contributed by atoms with Crippen molar-refractivity contribution >= 4 is 43.8 Å². The van der Waals surface area contributed by atoms with Crippen molar-refractivity contribution < 1.29 is 19.1 Å². The topological polar surface area (TPSA) is 52.6 Å². The second-order valence-electron chi connectivity index (χ2n) is 2.37. The Hall–Kier alpha value is -0.360. The summed E-state index contributed by atoms with van der Waals surface area (Å²) in [5.74, 6) is -0.732. The van der Waals surface area contributed by atoms with Crippen molar-refractivity contribution in [1.29, 1.82) is 0 Å². The van der Waals surface area contributed by atoms with E-state index in [1.165, 1.54) is 13.8 Å². The Bertz CT molecular complexity index is 234. The molecular formula is C8H10Br2O4. The molecule has 0 spiro atoms. The fraction of sp³-hybridized carbons (Fsp3) is 0.500.